The zero-order valence-electron chi connectivity index (χ0n) is 18.1. The van der Waals surface area contributed by atoms with Crippen molar-refractivity contribution in [1.29, 1.82) is 0 Å². The molecule has 0 saturated carbocycles. The van der Waals surface area contributed by atoms with Gasteiger partial charge in [0.1, 0.15) is 0 Å². The molecule has 2 radical (unpaired) electrons. The van der Waals surface area contributed by atoms with E-state index in [1.807, 2.05) is 0 Å². The molecule has 0 aliphatic heterocycles. The summed E-state index contributed by atoms with van der Waals surface area (Å²) in [4.78, 5) is 0. The average molecular weight is 339 g/mol. The third-order valence-corrected chi connectivity index (χ3v) is 4.75. The molecular weight excluding hydrogens is 291 g/mol. The molecule has 0 rings (SSSR count). The molecule has 0 unspecified atom stereocenters. The molecule has 0 bridgehead atoms. The van der Waals surface area contributed by atoms with Gasteiger partial charge in [-0.25, -0.2) is 0 Å². The van der Waals surface area contributed by atoms with Crippen LogP contribution < -0.4 is 0 Å². The van der Waals surface area contributed by atoms with Gasteiger partial charge in [0.2, 0.25) is 0 Å². The standard InChI is InChI=1S/C21H48BN2/c1-7-8-9-10-11-12-13-14-15-16-17-18-19-20-21-24(5,6)22-23(2,3)4/h7-21H2,1-6H3/q+1. The Morgan fingerprint density at radius 3 is 1.17 bits per heavy atom. The van der Waals surface area contributed by atoms with Crippen molar-refractivity contribution >= 4 is 7.55 Å². The lowest BCUT2D eigenvalue weighted by Crippen LogP contribution is -2.57. The Hall–Kier alpha value is -0.0151. The van der Waals surface area contributed by atoms with Gasteiger partial charge in [0.05, 0.1) is 0 Å². The predicted octanol–water partition coefficient (Wildman–Crippen LogP) is 5.78. The van der Waals surface area contributed by atoms with E-state index in [2.05, 4.69) is 49.7 Å². The smallest absolute Gasteiger partial charge is 0.341 e. The van der Waals surface area contributed by atoms with Crippen LogP contribution in [0.15, 0.2) is 0 Å². The maximum absolute atomic E-state index is 2.42. The van der Waals surface area contributed by atoms with Crippen molar-refractivity contribution in [3.8, 4) is 0 Å². The number of hydrogen-bond donors (Lipinski definition) is 0. The fraction of sp³-hybridized carbons (Fsp3) is 1.00. The highest BCUT2D eigenvalue weighted by atomic mass is 15.4. The van der Waals surface area contributed by atoms with Gasteiger partial charge in [-0.15, -0.1) is 0 Å². The summed E-state index contributed by atoms with van der Waals surface area (Å²) in [6, 6.07) is 0. The van der Waals surface area contributed by atoms with Gasteiger partial charge in [-0.05, 0) is 12.8 Å². The van der Waals surface area contributed by atoms with Crippen molar-refractivity contribution in [2.24, 2.45) is 0 Å². The van der Waals surface area contributed by atoms with Gasteiger partial charge < -0.3 is 8.79 Å². The summed E-state index contributed by atoms with van der Waals surface area (Å²) in [5.41, 5.74) is 0. The van der Waals surface area contributed by atoms with Crippen molar-refractivity contribution in [2.75, 3.05) is 41.8 Å². The normalized spacial score (nSPS) is 12.8. The van der Waals surface area contributed by atoms with E-state index in [1.165, 1.54) is 96.4 Å². The second-order valence-electron chi connectivity index (χ2n) is 9.33. The molecule has 0 atom stereocenters. The first-order chi connectivity index (χ1) is 11.3. The number of quaternary nitrogens is 2. The number of hydrogen-bond acceptors (Lipinski definition) is 0. The van der Waals surface area contributed by atoms with Gasteiger partial charge in [0.25, 0.3) is 0 Å². The molecule has 0 N–H and O–H groups in total. The number of rotatable bonds is 17. The van der Waals surface area contributed by atoms with Crippen molar-refractivity contribution in [2.45, 2.75) is 96.8 Å². The van der Waals surface area contributed by atoms with Crippen LogP contribution in [0.1, 0.15) is 96.8 Å². The molecular formula is C21H48BN2+. The molecule has 144 valence electrons. The van der Waals surface area contributed by atoms with E-state index in [0.717, 1.165) is 8.79 Å². The molecule has 0 spiro atoms. The van der Waals surface area contributed by atoms with Crippen molar-refractivity contribution < 1.29 is 8.79 Å². The Bertz CT molecular complexity index is 272. The van der Waals surface area contributed by atoms with E-state index in [4.69, 9.17) is 0 Å². The van der Waals surface area contributed by atoms with Gasteiger partial charge in [-0.1, -0.05) is 84.0 Å². The highest BCUT2D eigenvalue weighted by Crippen LogP contribution is 2.13. The second kappa shape index (κ2) is 14.2. The van der Waals surface area contributed by atoms with E-state index in [-0.39, 0.29) is 0 Å². The molecule has 0 aromatic rings. The van der Waals surface area contributed by atoms with Crippen LogP contribution >= 0.6 is 0 Å². The van der Waals surface area contributed by atoms with Crippen LogP contribution in [0.3, 0.4) is 0 Å². The molecule has 24 heavy (non-hydrogen) atoms. The lowest BCUT2D eigenvalue weighted by molar-refractivity contribution is -0.880. The largest absolute Gasteiger partial charge is 0.510 e. The van der Waals surface area contributed by atoms with Gasteiger partial charge in [-0.2, -0.15) is 0 Å². The topological polar surface area (TPSA) is 0 Å². The van der Waals surface area contributed by atoms with Crippen LogP contribution in [0.4, 0.5) is 0 Å². The van der Waals surface area contributed by atoms with Crippen LogP contribution in [0.2, 0.25) is 0 Å². The maximum atomic E-state index is 2.42. The van der Waals surface area contributed by atoms with Crippen LogP contribution in [0.25, 0.3) is 0 Å². The zero-order valence-corrected chi connectivity index (χ0v) is 18.1. The summed E-state index contributed by atoms with van der Waals surface area (Å²) in [5, 5.41) is 0. The van der Waals surface area contributed by atoms with Crippen LogP contribution in [0.5, 0.6) is 0 Å². The first-order valence-electron chi connectivity index (χ1n) is 10.8. The minimum Gasteiger partial charge on any atom is -0.510 e. The maximum Gasteiger partial charge on any atom is 0.341 e. The molecule has 0 amide bonds. The van der Waals surface area contributed by atoms with Gasteiger partial charge in [0, 0.05) is 41.8 Å². The Balaban J connectivity index is 3.28. The van der Waals surface area contributed by atoms with E-state index in [9.17, 15) is 0 Å². The summed E-state index contributed by atoms with van der Waals surface area (Å²) in [6.07, 6.45) is 20.2. The second-order valence-corrected chi connectivity index (χ2v) is 9.33. The lowest BCUT2D eigenvalue weighted by Gasteiger charge is -2.47. The Morgan fingerprint density at radius 1 is 0.500 bits per heavy atom. The fourth-order valence-corrected chi connectivity index (χ4v) is 3.71. The predicted molar refractivity (Wildman–Crippen MR) is 111 cm³/mol. The van der Waals surface area contributed by atoms with Crippen LogP contribution in [-0.2, 0) is 0 Å². The number of unbranched alkanes of at least 4 members (excludes halogenated alkanes) is 13. The lowest BCUT2D eigenvalue weighted by atomic mass is 9.97. The first kappa shape index (κ1) is 24.0. The first-order valence-corrected chi connectivity index (χ1v) is 10.8. The summed E-state index contributed by atoms with van der Waals surface area (Å²) >= 11 is 0. The van der Waals surface area contributed by atoms with Crippen LogP contribution in [0, 0.1) is 0 Å². The van der Waals surface area contributed by atoms with Crippen LogP contribution in [-0.4, -0.2) is 58.1 Å². The molecule has 3 heteroatoms. The van der Waals surface area contributed by atoms with Gasteiger partial charge >= 0.3 is 7.55 Å². The van der Waals surface area contributed by atoms with Gasteiger partial charge in [0.15, 0.2) is 0 Å². The minimum absolute atomic E-state index is 0.936. The fourth-order valence-electron chi connectivity index (χ4n) is 3.71. The summed E-state index contributed by atoms with van der Waals surface area (Å²) in [5.74, 6) is 0. The van der Waals surface area contributed by atoms with E-state index in [0.29, 0.717) is 0 Å². The molecule has 0 aliphatic rings. The monoisotopic (exact) mass is 339 g/mol. The van der Waals surface area contributed by atoms with E-state index in [1.54, 1.807) is 0 Å². The molecule has 0 fully saturated rings. The Kier molecular flexibility index (Phi) is 14.2. The van der Waals surface area contributed by atoms with Crippen molar-refractivity contribution in [3.05, 3.63) is 0 Å². The molecule has 0 aromatic carbocycles. The highest BCUT2D eigenvalue weighted by molar-refractivity contribution is 6.16. The molecule has 0 aromatic heterocycles. The van der Waals surface area contributed by atoms with E-state index < -0.39 is 0 Å². The van der Waals surface area contributed by atoms with Gasteiger partial charge in [-0.3, -0.25) is 0 Å². The van der Waals surface area contributed by atoms with Crippen molar-refractivity contribution in [1.82, 2.24) is 0 Å². The molecule has 0 aliphatic carbocycles. The van der Waals surface area contributed by atoms with E-state index >= 15 is 0 Å². The summed E-state index contributed by atoms with van der Waals surface area (Å²) in [6.45, 7) is 3.57. The third-order valence-electron chi connectivity index (χ3n) is 4.75. The summed E-state index contributed by atoms with van der Waals surface area (Å²) < 4.78 is 1.97. The summed E-state index contributed by atoms with van der Waals surface area (Å²) in [7, 11) is 13.8. The Morgan fingerprint density at radius 2 is 0.833 bits per heavy atom. The SMILES string of the molecule is CCCCCCCCCCCCCCCC[N+](C)(C)[B-][N+](C)(C)C. The third kappa shape index (κ3) is 18.3. The average Bonchev–Trinajstić information content (AvgIpc) is 2.45. The minimum atomic E-state index is 0.936. The Labute approximate surface area is 155 Å². The quantitative estimate of drug-likeness (QED) is 0.233. The molecule has 0 heterocycles. The molecule has 2 nitrogen and oxygen atoms in total. The molecule has 0 saturated heterocycles. The van der Waals surface area contributed by atoms with Crippen molar-refractivity contribution in [3.63, 3.8) is 0 Å². The number of nitrogens with zero attached hydrogens (tertiary/aromatic N) is 2. The zero-order chi connectivity index (χ0) is 18.3. The highest BCUT2D eigenvalue weighted by Gasteiger charge is 2.15.